The summed E-state index contributed by atoms with van der Waals surface area (Å²) in [4.78, 5) is 23.8. The van der Waals surface area contributed by atoms with Crippen molar-refractivity contribution in [2.45, 2.75) is 30.0 Å². The van der Waals surface area contributed by atoms with Gasteiger partial charge in [-0.3, -0.25) is 9.35 Å². The number of β-lactam (4-membered cyclic amide) rings is 1. The van der Waals surface area contributed by atoms with Crippen LogP contribution >= 0.6 is 0 Å². The minimum absolute atomic E-state index is 0.704. The fraction of sp³-hybridized carbons (Fsp3) is 0.778. The molecule has 0 saturated carbocycles. The summed E-state index contributed by atoms with van der Waals surface area (Å²) in [7, 11) is -8.87. The number of carboxylic acid groups (broad SMARTS) is 1. The lowest BCUT2D eigenvalue weighted by Crippen LogP contribution is -2.64. The van der Waals surface area contributed by atoms with E-state index in [9.17, 15) is 26.4 Å². The highest BCUT2D eigenvalue weighted by Crippen LogP contribution is 2.48. The van der Waals surface area contributed by atoms with Gasteiger partial charge in [0, 0.05) is 0 Å². The molecule has 10 nitrogen and oxygen atoms in total. The third-order valence-corrected chi connectivity index (χ3v) is 7.12. The van der Waals surface area contributed by atoms with Gasteiger partial charge in [-0.2, -0.15) is 8.42 Å². The minimum atomic E-state index is -4.83. The van der Waals surface area contributed by atoms with Gasteiger partial charge in [-0.05, 0) is 13.8 Å². The minimum Gasteiger partial charge on any atom is -0.480 e. The van der Waals surface area contributed by atoms with E-state index in [1.807, 2.05) is 0 Å². The lowest BCUT2D eigenvalue weighted by atomic mass is 9.92. The predicted octanol–water partition coefficient (Wildman–Crippen LogP) is -1.75. The number of amides is 1. The summed E-state index contributed by atoms with van der Waals surface area (Å²) in [5.41, 5.74) is 0. The molecule has 120 valence electrons. The fourth-order valence-electron chi connectivity index (χ4n) is 2.72. The van der Waals surface area contributed by atoms with Crippen molar-refractivity contribution in [3.8, 4) is 0 Å². The molecule has 2 N–H and O–H groups in total. The molecular formula is C9H13NO9S2. The zero-order valence-corrected chi connectivity index (χ0v) is 12.6. The molecule has 0 aliphatic carbocycles. The summed E-state index contributed by atoms with van der Waals surface area (Å²) in [6.45, 7) is 1.52. The van der Waals surface area contributed by atoms with E-state index in [0.717, 1.165) is 0 Å². The molecule has 21 heavy (non-hydrogen) atoms. The first-order valence-corrected chi connectivity index (χ1v) is 8.64. The summed E-state index contributed by atoms with van der Waals surface area (Å²) in [5.74, 6) is -3.67. The van der Waals surface area contributed by atoms with Crippen LogP contribution in [0.5, 0.6) is 0 Å². The highest BCUT2D eigenvalue weighted by atomic mass is 32.3. The zero-order chi connectivity index (χ0) is 16.4. The molecule has 2 aliphatic rings. The maximum Gasteiger partial charge on any atom is 0.397 e. The molecule has 0 spiro atoms. The Hall–Kier alpha value is -1.24. The number of carbonyl (C=O) groups is 2. The van der Waals surface area contributed by atoms with Crippen molar-refractivity contribution < 1.29 is 40.3 Å². The monoisotopic (exact) mass is 343 g/mol. The van der Waals surface area contributed by atoms with Crippen LogP contribution in [-0.4, -0.2) is 66.0 Å². The van der Waals surface area contributed by atoms with Gasteiger partial charge >= 0.3 is 16.4 Å². The predicted molar refractivity (Wildman–Crippen MR) is 66.0 cm³/mol. The van der Waals surface area contributed by atoms with Crippen molar-refractivity contribution in [2.75, 3.05) is 6.61 Å². The van der Waals surface area contributed by atoms with Crippen molar-refractivity contribution in [1.82, 2.24) is 4.90 Å². The van der Waals surface area contributed by atoms with Crippen LogP contribution < -0.4 is 0 Å². The SMILES string of the molecule is CC1(C)[C@H](C(=O)O)N2C(=O)[C@@H](COS(=O)(=O)O)[C@H]2S1(=O)=O. The zero-order valence-electron chi connectivity index (χ0n) is 11.0. The Kier molecular flexibility index (Phi) is 3.36. The molecule has 2 heterocycles. The van der Waals surface area contributed by atoms with E-state index < -0.39 is 60.8 Å². The highest BCUT2D eigenvalue weighted by Gasteiger charge is 2.72. The lowest BCUT2D eigenvalue weighted by molar-refractivity contribution is -0.164. The van der Waals surface area contributed by atoms with E-state index in [-0.39, 0.29) is 0 Å². The van der Waals surface area contributed by atoms with Gasteiger partial charge in [-0.15, -0.1) is 0 Å². The van der Waals surface area contributed by atoms with Crippen molar-refractivity contribution in [2.24, 2.45) is 5.92 Å². The molecule has 0 aromatic carbocycles. The second-order valence-electron chi connectivity index (χ2n) is 5.34. The number of sulfone groups is 1. The third kappa shape index (κ3) is 2.13. The van der Waals surface area contributed by atoms with Gasteiger partial charge in [0.2, 0.25) is 5.91 Å². The van der Waals surface area contributed by atoms with Crippen LogP contribution in [-0.2, 0) is 34.0 Å². The third-order valence-electron chi connectivity index (χ3n) is 3.81. The molecule has 2 saturated heterocycles. The van der Waals surface area contributed by atoms with Crippen LogP contribution in [0.2, 0.25) is 0 Å². The van der Waals surface area contributed by atoms with E-state index in [0.29, 0.717) is 4.90 Å². The molecule has 12 heteroatoms. The van der Waals surface area contributed by atoms with Crippen molar-refractivity contribution in [3.05, 3.63) is 0 Å². The average molecular weight is 343 g/mol. The van der Waals surface area contributed by atoms with Gasteiger partial charge < -0.3 is 10.0 Å². The number of rotatable bonds is 4. The molecule has 2 aliphatic heterocycles. The van der Waals surface area contributed by atoms with Gasteiger partial charge in [0.05, 0.1) is 17.3 Å². The molecule has 0 aromatic heterocycles. The first-order valence-electron chi connectivity index (χ1n) is 5.72. The molecule has 1 amide bonds. The maximum absolute atomic E-state index is 12.3. The van der Waals surface area contributed by atoms with Crippen LogP contribution in [0.25, 0.3) is 0 Å². The Bertz CT molecular complexity index is 708. The molecule has 0 aromatic rings. The summed E-state index contributed by atoms with van der Waals surface area (Å²) >= 11 is 0. The fourth-order valence-corrected chi connectivity index (χ4v) is 5.34. The van der Waals surface area contributed by atoms with Gasteiger partial charge in [0.1, 0.15) is 11.4 Å². The standard InChI is InChI=1S/C9H13NO9S2/c1-9(2)5(8(12)13)10-6(11)4(3-19-21(16,17)18)7(10)20(9,14)15/h4-5,7H,3H2,1-2H3,(H,12,13)(H,16,17,18)/t4-,5+,7-/m1/s1. The summed E-state index contributed by atoms with van der Waals surface area (Å²) in [6.07, 6.45) is 0. The van der Waals surface area contributed by atoms with Gasteiger partial charge in [0.25, 0.3) is 0 Å². The average Bonchev–Trinajstić information content (AvgIpc) is 2.41. The van der Waals surface area contributed by atoms with E-state index in [2.05, 4.69) is 4.18 Å². The van der Waals surface area contributed by atoms with Gasteiger partial charge in [-0.1, -0.05) is 0 Å². The number of aliphatic carboxylic acids is 1. The molecule has 0 radical (unpaired) electrons. The number of carboxylic acids is 1. The Morgan fingerprint density at radius 1 is 1.43 bits per heavy atom. The highest BCUT2D eigenvalue weighted by molar-refractivity contribution is 7.93. The number of hydrogen-bond acceptors (Lipinski definition) is 7. The molecule has 0 unspecified atom stereocenters. The summed E-state index contributed by atoms with van der Waals surface area (Å²) in [5, 5.41) is 7.67. The number of fused-ring (bicyclic) bond motifs is 1. The number of hydrogen-bond donors (Lipinski definition) is 2. The van der Waals surface area contributed by atoms with Crippen LogP contribution in [0.1, 0.15) is 13.8 Å². The molecule has 3 atom stereocenters. The normalized spacial score (nSPS) is 33.4. The molecule has 2 rings (SSSR count). The largest absolute Gasteiger partial charge is 0.480 e. The van der Waals surface area contributed by atoms with Crippen molar-refractivity contribution in [3.63, 3.8) is 0 Å². The first kappa shape index (κ1) is 16.1. The van der Waals surface area contributed by atoms with Crippen molar-refractivity contribution >= 4 is 32.1 Å². The Labute approximate surface area is 120 Å². The maximum atomic E-state index is 12.3. The quantitative estimate of drug-likeness (QED) is 0.446. The topological polar surface area (TPSA) is 155 Å². The van der Waals surface area contributed by atoms with Crippen LogP contribution in [0.3, 0.4) is 0 Å². The van der Waals surface area contributed by atoms with Gasteiger partial charge in [-0.25, -0.2) is 17.4 Å². The van der Waals surface area contributed by atoms with Crippen LogP contribution in [0, 0.1) is 5.92 Å². The smallest absolute Gasteiger partial charge is 0.397 e. The van der Waals surface area contributed by atoms with Crippen molar-refractivity contribution in [1.29, 1.82) is 0 Å². The van der Waals surface area contributed by atoms with E-state index in [4.69, 9.17) is 9.66 Å². The van der Waals surface area contributed by atoms with Gasteiger partial charge in [0.15, 0.2) is 9.84 Å². The first-order chi connectivity index (χ1) is 9.32. The summed E-state index contributed by atoms with van der Waals surface area (Å²) < 4.78 is 56.5. The van der Waals surface area contributed by atoms with E-state index >= 15 is 0 Å². The number of carbonyl (C=O) groups excluding carboxylic acids is 1. The number of nitrogens with zero attached hydrogens (tertiary/aromatic N) is 1. The second-order valence-corrected chi connectivity index (χ2v) is 9.06. The van der Waals surface area contributed by atoms with E-state index in [1.54, 1.807) is 0 Å². The lowest BCUT2D eigenvalue weighted by Gasteiger charge is -2.42. The van der Waals surface area contributed by atoms with Crippen LogP contribution in [0.15, 0.2) is 0 Å². The molecule has 0 bridgehead atoms. The Morgan fingerprint density at radius 3 is 2.38 bits per heavy atom. The Balaban J connectivity index is 2.37. The Morgan fingerprint density at radius 2 is 1.95 bits per heavy atom. The van der Waals surface area contributed by atoms with E-state index in [1.165, 1.54) is 13.8 Å². The second kappa shape index (κ2) is 4.38. The molecule has 2 fully saturated rings. The summed E-state index contributed by atoms with van der Waals surface area (Å²) in [6, 6.07) is -1.55. The molecular weight excluding hydrogens is 330 g/mol. The van der Waals surface area contributed by atoms with Crippen LogP contribution in [0.4, 0.5) is 0 Å².